The van der Waals surface area contributed by atoms with Crippen molar-refractivity contribution in [2.75, 3.05) is 5.75 Å². The van der Waals surface area contributed by atoms with Crippen molar-refractivity contribution < 1.29 is 0 Å². The van der Waals surface area contributed by atoms with Gasteiger partial charge < -0.3 is 0 Å². The molecule has 4 rings (SSSR count). The molecule has 0 aliphatic rings. The Kier molecular flexibility index (Phi) is 6.76. The van der Waals surface area contributed by atoms with E-state index in [1.165, 1.54) is 12.0 Å². The summed E-state index contributed by atoms with van der Waals surface area (Å²) in [4.78, 5) is 0. The average Bonchev–Trinajstić information content (AvgIpc) is 3.42. The van der Waals surface area contributed by atoms with Gasteiger partial charge >= 0.3 is 0 Å². The topological polar surface area (TPSA) is 48.5 Å². The van der Waals surface area contributed by atoms with Crippen LogP contribution in [0, 0.1) is 0 Å². The third kappa shape index (κ3) is 5.35. The normalized spacial score (nSPS) is 11.0. The Morgan fingerprint density at radius 1 is 0.793 bits per heavy atom. The summed E-state index contributed by atoms with van der Waals surface area (Å²) in [6, 6.07) is 22.8. The maximum atomic E-state index is 4.52. The smallest absolute Gasteiger partial charge is 0.195 e. The summed E-state index contributed by atoms with van der Waals surface area (Å²) in [6.07, 6.45) is 8.11. The highest BCUT2D eigenvalue weighted by Crippen LogP contribution is 2.24. The first-order chi connectivity index (χ1) is 14.4. The minimum absolute atomic E-state index is 0.771. The van der Waals surface area contributed by atoms with Crippen molar-refractivity contribution >= 4 is 11.8 Å². The molecule has 29 heavy (non-hydrogen) atoms. The molecule has 0 saturated carbocycles. The minimum atomic E-state index is 0.771. The molecule has 0 radical (unpaired) electrons. The summed E-state index contributed by atoms with van der Waals surface area (Å²) in [5.41, 5.74) is 2.36. The van der Waals surface area contributed by atoms with Gasteiger partial charge in [0.25, 0.3) is 0 Å². The maximum absolute atomic E-state index is 4.52. The molecule has 0 unspecified atom stereocenters. The molecule has 0 bridgehead atoms. The van der Waals surface area contributed by atoms with Gasteiger partial charge in [-0.3, -0.25) is 9.25 Å². The standard InChI is InChI=1S/C23H25N5S/c1-4-11-20(12-5-1)19-22-25-26-23(28(22)21-13-6-2-7-14-21)29-18-9-3-8-16-27-17-10-15-24-27/h1-2,4-7,10-15,17H,3,8-9,16,18-19H2. The van der Waals surface area contributed by atoms with E-state index in [-0.39, 0.29) is 0 Å². The number of rotatable bonds is 10. The van der Waals surface area contributed by atoms with E-state index in [9.17, 15) is 0 Å². The molecular formula is C23H25N5S. The van der Waals surface area contributed by atoms with Crippen LogP contribution >= 0.6 is 11.8 Å². The number of hydrogen-bond donors (Lipinski definition) is 0. The summed E-state index contributed by atoms with van der Waals surface area (Å²) in [7, 11) is 0. The van der Waals surface area contributed by atoms with E-state index < -0.39 is 0 Å². The van der Waals surface area contributed by atoms with E-state index in [2.05, 4.69) is 68.4 Å². The van der Waals surface area contributed by atoms with Gasteiger partial charge in [-0.2, -0.15) is 5.10 Å². The van der Waals surface area contributed by atoms with E-state index in [0.29, 0.717) is 0 Å². The van der Waals surface area contributed by atoms with Crippen LogP contribution in [0.4, 0.5) is 0 Å². The summed E-state index contributed by atoms with van der Waals surface area (Å²) in [5.74, 6) is 2.01. The Balaban J connectivity index is 1.39. The number of hydrogen-bond acceptors (Lipinski definition) is 4. The molecule has 6 heteroatoms. The van der Waals surface area contributed by atoms with Crippen molar-refractivity contribution in [3.63, 3.8) is 0 Å². The van der Waals surface area contributed by atoms with Gasteiger partial charge in [-0.15, -0.1) is 10.2 Å². The quantitative estimate of drug-likeness (QED) is 0.276. The van der Waals surface area contributed by atoms with Gasteiger partial charge in [-0.25, -0.2) is 0 Å². The number of benzene rings is 2. The Hall–Kier alpha value is -2.86. The predicted octanol–water partition coefficient (Wildman–Crippen LogP) is 5.02. The van der Waals surface area contributed by atoms with Crippen LogP contribution in [0.5, 0.6) is 0 Å². The monoisotopic (exact) mass is 403 g/mol. The maximum Gasteiger partial charge on any atom is 0.195 e. The van der Waals surface area contributed by atoms with Gasteiger partial charge in [0.2, 0.25) is 0 Å². The zero-order valence-corrected chi connectivity index (χ0v) is 17.2. The first-order valence-electron chi connectivity index (χ1n) is 10.0. The lowest BCUT2D eigenvalue weighted by Crippen LogP contribution is -2.04. The third-order valence-electron chi connectivity index (χ3n) is 4.74. The second-order valence-corrected chi connectivity index (χ2v) is 7.97. The molecule has 0 amide bonds. The number of nitrogens with zero attached hydrogens (tertiary/aromatic N) is 5. The largest absolute Gasteiger partial charge is 0.274 e. The fourth-order valence-corrected chi connectivity index (χ4v) is 4.24. The van der Waals surface area contributed by atoms with E-state index in [1.54, 1.807) is 11.8 Å². The van der Waals surface area contributed by atoms with Crippen molar-refractivity contribution in [3.8, 4) is 5.69 Å². The van der Waals surface area contributed by atoms with Crippen molar-refractivity contribution in [3.05, 3.63) is 90.5 Å². The van der Waals surface area contributed by atoms with E-state index >= 15 is 0 Å². The van der Waals surface area contributed by atoms with Crippen LogP contribution in [0.2, 0.25) is 0 Å². The molecule has 0 atom stereocenters. The molecule has 5 nitrogen and oxygen atoms in total. The molecule has 2 heterocycles. The number of unbranched alkanes of at least 4 members (excludes halogenated alkanes) is 2. The lowest BCUT2D eigenvalue weighted by Gasteiger charge is -2.10. The van der Waals surface area contributed by atoms with Crippen molar-refractivity contribution in [1.82, 2.24) is 24.5 Å². The van der Waals surface area contributed by atoms with Crippen LogP contribution in [-0.2, 0) is 13.0 Å². The van der Waals surface area contributed by atoms with E-state index in [0.717, 1.165) is 48.2 Å². The molecule has 2 aromatic carbocycles. The average molecular weight is 404 g/mol. The van der Waals surface area contributed by atoms with Gasteiger partial charge in [0.15, 0.2) is 5.16 Å². The highest BCUT2D eigenvalue weighted by molar-refractivity contribution is 7.99. The lowest BCUT2D eigenvalue weighted by atomic mass is 10.1. The molecular weight excluding hydrogens is 378 g/mol. The fraction of sp³-hybridized carbons (Fsp3) is 0.261. The van der Waals surface area contributed by atoms with Gasteiger partial charge in [-0.05, 0) is 36.6 Å². The Labute approximate surface area is 175 Å². The summed E-state index contributed by atoms with van der Waals surface area (Å²) >= 11 is 1.79. The number of thioether (sulfide) groups is 1. The van der Waals surface area contributed by atoms with E-state index in [1.807, 2.05) is 35.3 Å². The first-order valence-corrected chi connectivity index (χ1v) is 11.0. The molecule has 0 aliphatic heterocycles. The van der Waals surface area contributed by atoms with Crippen molar-refractivity contribution in [2.45, 2.75) is 37.4 Å². The molecule has 4 aromatic rings. The molecule has 0 N–H and O–H groups in total. The Bertz CT molecular complexity index is 981. The van der Waals surface area contributed by atoms with Crippen LogP contribution in [0.25, 0.3) is 5.69 Å². The number of aryl methyl sites for hydroxylation is 1. The van der Waals surface area contributed by atoms with Crippen LogP contribution in [0.3, 0.4) is 0 Å². The van der Waals surface area contributed by atoms with Crippen LogP contribution in [0.1, 0.15) is 30.7 Å². The van der Waals surface area contributed by atoms with Gasteiger partial charge in [0.05, 0.1) is 0 Å². The van der Waals surface area contributed by atoms with Crippen molar-refractivity contribution in [2.24, 2.45) is 0 Å². The summed E-state index contributed by atoms with van der Waals surface area (Å²) in [6.45, 7) is 0.985. The lowest BCUT2D eigenvalue weighted by molar-refractivity contribution is 0.554. The molecule has 0 saturated heterocycles. The van der Waals surface area contributed by atoms with Crippen LogP contribution in [0.15, 0.2) is 84.3 Å². The van der Waals surface area contributed by atoms with Crippen LogP contribution in [-0.4, -0.2) is 30.3 Å². The summed E-state index contributed by atoms with van der Waals surface area (Å²) < 4.78 is 4.19. The second kappa shape index (κ2) is 10.1. The predicted molar refractivity (Wildman–Crippen MR) is 117 cm³/mol. The molecule has 0 spiro atoms. The molecule has 148 valence electrons. The molecule has 2 aromatic heterocycles. The van der Waals surface area contributed by atoms with Gasteiger partial charge in [0, 0.05) is 36.8 Å². The first kappa shape index (κ1) is 19.5. The van der Waals surface area contributed by atoms with Crippen molar-refractivity contribution in [1.29, 1.82) is 0 Å². The number of para-hydroxylation sites is 1. The second-order valence-electron chi connectivity index (χ2n) is 6.91. The highest BCUT2D eigenvalue weighted by atomic mass is 32.2. The van der Waals surface area contributed by atoms with Crippen LogP contribution < -0.4 is 0 Å². The molecule has 0 fully saturated rings. The molecule has 0 aliphatic carbocycles. The zero-order chi connectivity index (χ0) is 19.7. The minimum Gasteiger partial charge on any atom is -0.274 e. The fourth-order valence-electron chi connectivity index (χ4n) is 3.27. The number of aromatic nitrogens is 5. The Morgan fingerprint density at radius 3 is 2.34 bits per heavy atom. The third-order valence-corrected chi connectivity index (χ3v) is 5.76. The zero-order valence-electron chi connectivity index (χ0n) is 16.4. The SMILES string of the molecule is c1ccc(Cc2nnc(SCCCCCn3cccn3)n2-c2ccccc2)cc1. The Morgan fingerprint density at radius 2 is 1.59 bits per heavy atom. The van der Waals surface area contributed by atoms with Gasteiger partial charge in [0.1, 0.15) is 5.82 Å². The van der Waals surface area contributed by atoms with E-state index in [4.69, 9.17) is 0 Å². The highest BCUT2D eigenvalue weighted by Gasteiger charge is 2.14. The van der Waals surface area contributed by atoms with Gasteiger partial charge in [-0.1, -0.05) is 66.7 Å². The summed E-state index contributed by atoms with van der Waals surface area (Å²) in [5, 5.41) is 14.2.